The normalized spacial score (nSPS) is 13.3. The van der Waals surface area contributed by atoms with Gasteiger partial charge in [0.15, 0.2) is 17.9 Å². The van der Waals surface area contributed by atoms with Gasteiger partial charge in [-0.15, -0.1) is 0 Å². The van der Waals surface area contributed by atoms with Crippen LogP contribution in [0.15, 0.2) is 59.5 Å². The van der Waals surface area contributed by atoms with E-state index >= 15 is 0 Å². The van der Waals surface area contributed by atoms with E-state index in [1.807, 2.05) is 4.90 Å². The van der Waals surface area contributed by atoms with Crippen LogP contribution < -0.4 is 14.4 Å². The summed E-state index contributed by atoms with van der Waals surface area (Å²) in [5.74, 6) is 0.139. The molecular weight excluding hydrogens is 410 g/mol. The van der Waals surface area contributed by atoms with Gasteiger partial charge in [-0.05, 0) is 55.2 Å². The third-order valence-electron chi connectivity index (χ3n) is 4.85. The molecule has 0 amide bonds. The smallest absolute Gasteiger partial charge is 0.387 e. The van der Waals surface area contributed by atoms with Crippen molar-refractivity contribution in [1.82, 2.24) is 4.98 Å². The number of benzene rings is 2. The van der Waals surface area contributed by atoms with E-state index in [2.05, 4.69) is 9.72 Å². The van der Waals surface area contributed by atoms with Crippen molar-refractivity contribution in [2.45, 2.75) is 26.0 Å². The Balaban J connectivity index is 1.68. The molecule has 0 saturated heterocycles. The first-order chi connectivity index (χ1) is 15.0. The number of carboxylic acid groups (broad SMARTS) is 1. The molecule has 1 aromatic heterocycles. The van der Waals surface area contributed by atoms with Crippen molar-refractivity contribution >= 4 is 17.3 Å². The molecule has 7 nitrogen and oxygen atoms in total. The zero-order valence-electron chi connectivity index (χ0n) is 16.4. The lowest BCUT2D eigenvalue weighted by Crippen LogP contribution is -2.17. The highest BCUT2D eigenvalue weighted by molar-refractivity contribution is 5.88. The average molecular weight is 430 g/mol. The predicted octanol–water partition coefficient (Wildman–Crippen LogP) is 5.10. The highest BCUT2D eigenvalue weighted by Gasteiger charge is 2.24. The van der Waals surface area contributed by atoms with Crippen molar-refractivity contribution in [3.63, 3.8) is 0 Å². The number of rotatable bonds is 10. The van der Waals surface area contributed by atoms with Crippen LogP contribution in [-0.2, 0) is 6.54 Å². The molecule has 1 fully saturated rings. The summed E-state index contributed by atoms with van der Waals surface area (Å²) < 4.78 is 41.4. The summed E-state index contributed by atoms with van der Waals surface area (Å²) >= 11 is 0. The number of anilines is 2. The fourth-order valence-corrected chi connectivity index (χ4v) is 3.05. The Labute approximate surface area is 176 Å². The summed E-state index contributed by atoms with van der Waals surface area (Å²) in [5.41, 5.74) is 1.46. The van der Waals surface area contributed by atoms with Crippen LogP contribution >= 0.6 is 0 Å². The van der Waals surface area contributed by atoms with Crippen LogP contribution in [0.1, 0.15) is 29.0 Å². The first-order valence-corrected chi connectivity index (χ1v) is 9.69. The second kappa shape index (κ2) is 9.03. The van der Waals surface area contributed by atoms with Gasteiger partial charge in [0.25, 0.3) is 0 Å². The van der Waals surface area contributed by atoms with Crippen molar-refractivity contribution in [3.8, 4) is 11.5 Å². The molecule has 0 aliphatic heterocycles. The van der Waals surface area contributed by atoms with Crippen LogP contribution in [0.4, 0.5) is 20.2 Å². The van der Waals surface area contributed by atoms with Crippen LogP contribution in [-0.4, -0.2) is 29.3 Å². The first kappa shape index (κ1) is 20.6. The largest absolute Gasteiger partial charge is 0.489 e. The lowest BCUT2D eigenvalue weighted by molar-refractivity contribution is -0.0515. The highest BCUT2D eigenvalue weighted by atomic mass is 19.3. The molecule has 1 aliphatic carbocycles. The predicted molar refractivity (Wildman–Crippen MR) is 107 cm³/mol. The van der Waals surface area contributed by atoms with Gasteiger partial charge in [-0.25, -0.2) is 9.78 Å². The van der Waals surface area contributed by atoms with E-state index in [1.54, 1.807) is 30.5 Å². The summed E-state index contributed by atoms with van der Waals surface area (Å²) in [7, 11) is 0. The Morgan fingerprint density at radius 3 is 2.52 bits per heavy atom. The second-order valence-corrected chi connectivity index (χ2v) is 7.17. The first-order valence-electron chi connectivity index (χ1n) is 9.69. The number of aromatic nitrogens is 1. The minimum Gasteiger partial charge on any atom is -0.489 e. The van der Waals surface area contributed by atoms with E-state index in [9.17, 15) is 13.6 Å². The number of hydrogen-bond donors (Lipinski definition) is 1. The Morgan fingerprint density at radius 1 is 1.16 bits per heavy atom. The molecule has 0 spiro atoms. The molecule has 3 aromatic rings. The maximum Gasteiger partial charge on any atom is 0.387 e. The standard InChI is InChI=1S/C22H20F2N2O5/c23-22(24)31-19-8-7-17(9-20(19)29-12-14-1-2-14)26(11-18-10-25-13-30-18)16-5-3-15(4-6-16)21(27)28/h3-10,13-14,22H,1-2,11-12H2,(H,27,28). The van der Waals surface area contributed by atoms with Crippen molar-refractivity contribution in [2.24, 2.45) is 5.92 Å². The van der Waals surface area contributed by atoms with Crippen molar-refractivity contribution in [3.05, 3.63) is 66.4 Å². The van der Waals surface area contributed by atoms with Crippen LogP contribution in [0.25, 0.3) is 0 Å². The number of carboxylic acids is 1. The maximum absolute atomic E-state index is 12.8. The lowest BCUT2D eigenvalue weighted by Gasteiger charge is -2.25. The quantitative estimate of drug-likeness (QED) is 0.479. The van der Waals surface area contributed by atoms with Gasteiger partial charge < -0.3 is 23.9 Å². The molecule has 0 atom stereocenters. The fourth-order valence-electron chi connectivity index (χ4n) is 3.05. The van der Waals surface area contributed by atoms with Crippen molar-refractivity contribution in [1.29, 1.82) is 0 Å². The van der Waals surface area contributed by atoms with Crippen LogP contribution in [0.3, 0.4) is 0 Å². The average Bonchev–Trinajstić information content (AvgIpc) is 3.44. The van der Waals surface area contributed by atoms with Gasteiger partial charge in [-0.2, -0.15) is 8.78 Å². The van der Waals surface area contributed by atoms with Crippen molar-refractivity contribution < 1.29 is 32.6 Å². The molecule has 1 aliphatic rings. The van der Waals surface area contributed by atoms with E-state index < -0.39 is 12.6 Å². The van der Waals surface area contributed by atoms with Gasteiger partial charge in [-0.3, -0.25) is 0 Å². The third-order valence-corrected chi connectivity index (χ3v) is 4.85. The molecular formula is C22H20F2N2O5. The molecule has 2 aromatic carbocycles. The SMILES string of the molecule is O=C(O)c1ccc(N(Cc2cnco2)c2ccc(OC(F)F)c(OCC3CC3)c2)cc1. The number of alkyl halides is 2. The molecule has 0 radical (unpaired) electrons. The summed E-state index contributed by atoms with van der Waals surface area (Å²) in [4.78, 5) is 16.9. The third kappa shape index (κ3) is 5.30. The molecule has 1 heterocycles. The number of nitrogens with zero attached hydrogens (tertiary/aromatic N) is 2. The van der Waals surface area contributed by atoms with E-state index in [0.29, 0.717) is 29.7 Å². The van der Waals surface area contributed by atoms with Crippen LogP contribution in [0.5, 0.6) is 11.5 Å². The number of ether oxygens (including phenoxy) is 2. The Morgan fingerprint density at radius 2 is 1.90 bits per heavy atom. The number of hydrogen-bond acceptors (Lipinski definition) is 6. The lowest BCUT2D eigenvalue weighted by atomic mass is 10.1. The zero-order chi connectivity index (χ0) is 21.8. The topological polar surface area (TPSA) is 85.0 Å². The van der Waals surface area contributed by atoms with Gasteiger partial charge in [0.2, 0.25) is 0 Å². The molecule has 31 heavy (non-hydrogen) atoms. The Bertz CT molecular complexity index is 1020. The van der Waals surface area contributed by atoms with Crippen LogP contribution in [0, 0.1) is 5.92 Å². The maximum atomic E-state index is 12.8. The summed E-state index contributed by atoms with van der Waals surface area (Å²) in [6, 6.07) is 11.0. The fraction of sp³-hybridized carbons (Fsp3) is 0.273. The van der Waals surface area contributed by atoms with Gasteiger partial charge in [0.05, 0.1) is 24.9 Å². The number of carbonyl (C=O) groups is 1. The molecule has 1 N–H and O–H groups in total. The minimum absolute atomic E-state index is 0.0414. The van der Waals surface area contributed by atoms with Crippen LogP contribution in [0.2, 0.25) is 0 Å². The van der Waals surface area contributed by atoms with E-state index in [-0.39, 0.29) is 23.6 Å². The Kier molecular flexibility index (Phi) is 6.01. The number of aromatic carboxylic acids is 1. The van der Waals surface area contributed by atoms with Gasteiger partial charge >= 0.3 is 12.6 Å². The number of halogens is 2. The molecule has 0 unspecified atom stereocenters. The van der Waals surface area contributed by atoms with E-state index in [1.165, 1.54) is 24.6 Å². The molecule has 4 rings (SSSR count). The second-order valence-electron chi connectivity index (χ2n) is 7.17. The summed E-state index contributed by atoms with van der Waals surface area (Å²) in [6.45, 7) is -2.26. The minimum atomic E-state index is -2.97. The molecule has 1 saturated carbocycles. The van der Waals surface area contributed by atoms with Gasteiger partial charge in [-0.1, -0.05) is 0 Å². The molecule has 162 valence electrons. The van der Waals surface area contributed by atoms with E-state index in [4.69, 9.17) is 14.3 Å². The summed E-state index contributed by atoms with van der Waals surface area (Å²) in [5, 5.41) is 9.16. The molecule has 9 heteroatoms. The monoisotopic (exact) mass is 430 g/mol. The zero-order valence-corrected chi connectivity index (χ0v) is 16.4. The Hall–Kier alpha value is -3.62. The highest BCUT2D eigenvalue weighted by Crippen LogP contribution is 2.38. The van der Waals surface area contributed by atoms with Gasteiger partial charge in [0.1, 0.15) is 5.76 Å². The van der Waals surface area contributed by atoms with Crippen molar-refractivity contribution in [2.75, 3.05) is 11.5 Å². The number of oxazole rings is 1. The van der Waals surface area contributed by atoms with E-state index in [0.717, 1.165) is 12.8 Å². The summed E-state index contributed by atoms with van der Waals surface area (Å²) in [6.07, 6.45) is 4.98. The van der Waals surface area contributed by atoms with Gasteiger partial charge in [0, 0.05) is 17.4 Å². The molecule has 0 bridgehead atoms.